The molecule has 2 rings (SSSR count). The quantitative estimate of drug-likeness (QED) is 0.577. The maximum Gasteiger partial charge on any atom is 0.128 e. The van der Waals surface area contributed by atoms with Gasteiger partial charge in [0.1, 0.15) is 11.4 Å². The molecule has 1 aromatic carbocycles. The lowest BCUT2D eigenvalue weighted by Gasteiger charge is -2.27. The number of halogens is 1. The highest BCUT2D eigenvalue weighted by Gasteiger charge is 2.29. The smallest absolute Gasteiger partial charge is 0.128 e. The van der Waals surface area contributed by atoms with Crippen LogP contribution >= 0.6 is 0 Å². The maximum absolute atomic E-state index is 13.4. The third-order valence-electron chi connectivity index (χ3n) is 2.20. The van der Waals surface area contributed by atoms with Crippen LogP contribution in [0.3, 0.4) is 0 Å². The van der Waals surface area contributed by atoms with Gasteiger partial charge in [-0.3, -0.25) is 5.32 Å². The lowest BCUT2D eigenvalue weighted by atomic mass is 9.95. The van der Waals surface area contributed by atoms with E-state index in [2.05, 4.69) is 5.32 Å². The van der Waals surface area contributed by atoms with Crippen molar-refractivity contribution in [3.8, 4) is 0 Å². The molecule has 0 bridgehead atoms. The summed E-state index contributed by atoms with van der Waals surface area (Å²) in [5.41, 5.74) is 1.03. The van der Waals surface area contributed by atoms with E-state index in [4.69, 9.17) is 0 Å². The lowest BCUT2D eigenvalue weighted by Crippen LogP contribution is -2.33. The standard InChI is InChI=1S/C11H11FN/c1-11(2)10(12)7-8-5-3-4-6-9(8)13-11/h3-7H,1-2H3. The summed E-state index contributed by atoms with van der Waals surface area (Å²) in [4.78, 5) is 0. The molecule has 0 unspecified atom stereocenters. The maximum atomic E-state index is 13.4. The van der Waals surface area contributed by atoms with Gasteiger partial charge in [0.05, 0.1) is 5.69 Å². The minimum atomic E-state index is -0.700. The first kappa shape index (κ1) is 8.30. The van der Waals surface area contributed by atoms with Gasteiger partial charge in [-0.1, -0.05) is 18.2 Å². The molecule has 13 heavy (non-hydrogen) atoms. The minimum Gasteiger partial charge on any atom is -0.271 e. The van der Waals surface area contributed by atoms with Crippen LogP contribution in [-0.4, -0.2) is 5.54 Å². The zero-order valence-corrected chi connectivity index (χ0v) is 7.71. The predicted octanol–water partition coefficient (Wildman–Crippen LogP) is 3.03. The van der Waals surface area contributed by atoms with Gasteiger partial charge in [0, 0.05) is 5.56 Å². The summed E-state index contributed by atoms with van der Waals surface area (Å²) in [7, 11) is 0. The molecule has 1 heterocycles. The average molecular weight is 176 g/mol. The zero-order chi connectivity index (χ0) is 9.47. The van der Waals surface area contributed by atoms with E-state index in [1.807, 2.05) is 24.3 Å². The molecular formula is C11H11FN. The number of nitrogens with zero attached hydrogens (tertiary/aromatic N) is 1. The first-order chi connectivity index (χ1) is 6.09. The highest BCUT2D eigenvalue weighted by molar-refractivity contribution is 5.68. The fourth-order valence-corrected chi connectivity index (χ4v) is 1.38. The van der Waals surface area contributed by atoms with Gasteiger partial charge in [0.25, 0.3) is 0 Å². The summed E-state index contributed by atoms with van der Waals surface area (Å²) in [6.07, 6.45) is 1.56. The van der Waals surface area contributed by atoms with Crippen molar-refractivity contribution >= 4 is 11.8 Å². The average Bonchev–Trinajstić information content (AvgIpc) is 2.06. The Morgan fingerprint density at radius 1 is 1.23 bits per heavy atom. The van der Waals surface area contributed by atoms with Gasteiger partial charge >= 0.3 is 0 Å². The Labute approximate surface area is 77.3 Å². The lowest BCUT2D eigenvalue weighted by molar-refractivity contribution is 0.406. The molecule has 0 spiro atoms. The van der Waals surface area contributed by atoms with Crippen LogP contribution in [0.15, 0.2) is 30.1 Å². The molecule has 0 saturated heterocycles. The van der Waals surface area contributed by atoms with Crippen LogP contribution < -0.4 is 5.32 Å². The molecule has 0 atom stereocenters. The van der Waals surface area contributed by atoms with E-state index in [1.165, 1.54) is 0 Å². The van der Waals surface area contributed by atoms with E-state index in [1.54, 1.807) is 19.9 Å². The van der Waals surface area contributed by atoms with E-state index in [0.717, 1.165) is 11.3 Å². The van der Waals surface area contributed by atoms with Crippen molar-refractivity contribution in [3.63, 3.8) is 0 Å². The molecule has 1 aromatic rings. The Hall–Kier alpha value is -1.31. The van der Waals surface area contributed by atoms with Gasteiger partial charge < -0.3 is 0 Å². The van der Waals surface area contributed by atoms with Crippen molar-refractivity contribution in [1.82, 2.24) is 5.32 Å². The van der Waals surface area contributed by atoms with E-state index in [0.29, 0.717) is 0 Å². The Bertz CT molecular complexity index is 366. The number of hydrogen-bond acceptors (Lipinski definition) is 0. The molecule has 1 aliphatic rings. The monoisotopic (exact) mass is 176 g/mol. The fourth-order valence-electron chi connectivity index (χ4n) is 1.38. The van der Waals surface area contributed by atoms with Crippen molar-refractivity contribution in [2.75, 3.05) is 0 Å². The number of fused-ring (bicyclic) bond motifs is 1. The van der Waals surface area contributed by atoms with Crippen LogP contribution in [0.1, 0.15) is 19.4 Å². The second-order valence-electron chi connectivity index (χ2n) is 3.72. The van der Waals surface area contributed by atoms with Gasteiger partial charge in [-0.15, -0.1) is 0 Å². The molecule has 0 fully saturated rings. The van der Waals surface area contributed by atoms with Crippen LogP contribution in [0.25, 0.3) is 6.08 Å². The van der Waals surface area contributed by atoms with Crippen LogP contribution in [0.2, 0.25) is 0 Å². The molecule has 0 saturated carbocycles. The SMILES string of the molecule is CC1(C)[N]c2ccccc2C=C1F. The minimum absolute atomic E-state index is 0.175. The van der Waals surface area contributed by atoms with Gasteiger partial charge in [0.2, 0.25) is 0 Å². The fraction of sp³-hybridized carbons (Fsp3) is 0.273. The Kier molecular flexibility index (Phi) is 1.65. The van der Waals surface area contributed by atoms with E-state index in [-0.39, 0.29) is 5.83 Å². The highest BCUT2D eigenvalue weighted by Crippen LogP contribution is 2.33. The number of rotatable bonds is 0. The molecular weight excluding hydrogens is 165 g/mol. The molecule has 0 N–H and O–H groups in total. The highest BCUT2D eigenvalue weighted by atomic mass is 19.1. The zero-order valence-electron chi connectivity index (χ0n) is 7.71. The molecule has 0 amide bonds. The summed E-state index contributed by atoms with van der Waals surface area (Å²) in [6.45, 7) is 3.55. The Balaban J connectivity index is 2.53. The van der Waals surface area contributed by atoms with Crippen molar-refractivity contribution < 1.29 is 4.39 Å². The Morgan fingerprint density at radius 2 is 1.92 bits per heavy atom. The largest absolute Gasteiger partial charge is 0.271 e. The van der Waals surface area contributed by atoms with E-state index in [9.17, 15) is 4.39 Å². The Morgan fingerprint density at radius 3 is 2.69 bits per heavy atom. The first-order valence-corrected chi connectivity index (χ1v) is 4.29. The second-order valence-corrected chi connectivity index (χ2v) is 3.72. The first-order valence-electron chi connectivity index (χ1n) is 4.29. The van der Waals surface area contributed by atoms with Crippen LogP contribution in [-0.2, 0) is 0 Å². The van der Waals surface area contributed by atoms with Crippen molar-refractivity contribution in [2.45, 2.75) is 19.4 Å². The van der Waals surface area contributed by atoms with Gasteiger partial charge in [0.15, 0.2) is 0 Å². The number of benzene rings is 1. The topological polar surface area (TPSA) is 14.1 Å². The van der Waals surface area contributed by atoms with E-state index >= 15 is 0 Å². The third kappa shape index (κ3) is 1.32. The summed E-state index contributed by atoms with van der Waals surface area (Å²) in [5.74, 6) is -0.175. The van der Waals surface area contributed by atoms with Crippen molar-refractivity contribution in [1.29, 1.82) is 0 Å². The molecule has 1 radical (unpaired) electrons. The molecule has 2 heteroatoms. The predicted molar refractivity (Wildman–Crippen MR) is 51.4 cm³/mol. The van der Waals surface area contributed by atoms with Crippen molar-refractivity contribution in [2.24, 2.45) is 0 Å². The molecule has 0 aromatic heterocycles. The molecule has 1 aliphatic heterocycles. The van der Waals surface area contributed by atoms with Crippen LogP contribution in [0.5, 0.6) is 0 Å². The summed E-state index contributed by atoms with van der Waals surface area (Å²) >= 11 is 0. The van der Waals surface area contributed by atoms with Crippen molar-refractivity contribution in [3.05, 3.63) is 35.7 Å². The summed E-state index contributed by atoms with van der Waals surface area (Å²) < 4.78 is 13.4. The van der Waals surface area contributed by atoms with Crippen LogP contribution in [0, 0.1) is 0 Å². The van der Waals surface area contributed by atoms with Gasteiger partial charge in [-0.2, -0.15) is 0 Å². The third-order valence-corrected chi connectivity index (χ3v) is 2.20. The van der Waals surface area contributed by atoms with Gasteiger partial charge in [-0.25, -0.2) is 4.39 Å². The van der Waals surface area contributed by atoms with Crippen LogP contribution in [0.4, 0.5) is 10.1 Å². The molecule has 1 nitrogen and oxygen atoms in total. The van der Waals surface area contributed by atoms with Gasteiger partial charge in [-0.05, 0) is 26.0 Å². The van der Waals surface area contributed by atoms with E-state index < -0.39 is 5.54 Å². The molecule has 0 aliphatic carbocycles. The number of hydrogen-bond donors (Lipinski definition) is 0. The second kappa shape index (κ2) is 2.59. The summed E-state index contributed by atoms with van der Waals surface area (Å²) in [6, 6.07) is 7.57. The summed E-state index contributed by atoms with van der Waals surface area (Å²) in [5, 5.41) is 4.32. The molecule has 67 valence electrons. The normalized spacial score (nSPS) is 18.5. The number of para-hydroxylation sites is 1.